The number of rotatable bonds is 9. The average molecular weight is 504 g/mol. The number of ether oxygens (including phenoxy) is 5. The summed E-state index contributed by atoms with van der Waals surface area (Å²) in [6.45, 7) is -4.25. The number of hydrogen-bond acceptors (Lipinski definition) is 16. The quantitative estimate of drug-likeness (QED) is 0.139. The Kier molecular flexibility index (Phi) is 8.85. The lowest BCUT2D eigenvalue weighted by atomic mass is 9.99. The minimum absolute atomic E-state index is 0.694. The number of hydrogen-bond donors (Lipinski definition) is 11. The Morgan fingerprint density at radius 2 is 1.12 bits per heavy atom. The third-order valence-electron chi connectivity index (χ3n) is 6.29. The highest BCUT2D eigenvalue weighted by Crippen LogP contribution is 2.38. The van der Waals surface area contributed by atoms with Crippen LogP contribution in [0.4, 0.5) is 0 Å². The Morgan fingerprint density at radius 1 is 0.588 bits per heavy atom. The van der Waals surface area contributed by atoms with E-state index in [1.54, 1.807) is 0 Å². The van der Waals surface area contributed by atoms with Gasteiger partial charge in [0.1, 0.15) is 74.3 Å². The molecule has 11 N–H and O–H groups in total. The monoisotopic (exact) mass is 504 g/mol. The van der Waals surface area contributed by atoms with Gasteiger partial charge in [0.15, 0.2) is 6.29 Å². The summed E-state index contributed by atoms with van der Waals surface area (Å²) in [4.78, 5) is 0. The van der Waals surface area contributed by atoms with Crippen LogP contribution in [0.5, 0.6) is 0 Å². The maximum absolute atomic E-state index is 10.5. The molecule has 0 aromatic carbocycles. The standard InChI is InChI=1S/C18H32O16/c19-1-6-9(23)12(26)13(27)16(31-6)34-18(5-22)15(29)11(25)8(33-18)3-30-17(4-21)14(28)10(24)7(2-20)32-17/h6-16,19-29H,1-5H2/t6?,7-,8-,9-,10+,11+,12-,13?,14?,15?,16-,17-,18+/m1/s1. The molecule has 3 aliphatic rings. The van der Waals surface area contributed by atoms with E-state index in [-0.39, 0.29) is 0 Å². The highest BCUT2D eigenvalue weighted by Gasteiger charge is 2.60. The molecular weight excluding hydrogens is 472 g/mol. The first kappa shape index (κ1) is 27.9. The van der Waals surface area contributed by atoms with E-state index in [1.165, 1.54) is 0 Å². The molecule has 200 valence electrons. The Bertz CT molecular complexity index is 668. The SMILES string of the molecule is OCC1O[C@H](O[C@]2(CO)O[C@H](CO[C@]3(CO)O[C@H](CO)[C@H](O)C3O)[C@H](O)C2O)C(O)[C@H](O)[C@@H]1O. The minimum atomic E-state index is -2.43. The molecule has 0 aromatic heterocycles. The van der Waals surface area contributed by atoms with Crippen molar-refractivity contribution in [3.05, 3.63) is 0 Å². The van der Waals surface area contributed by atoms with Crippen LogP contribution in [0.1, 0.15) is 0 Å². The fourth-order valence-corrected chi connectivity index (χ4v) is 4.14. The lowest BCUT2D eigenvalue weighted by molar-refractivity contribution is -0.385. The average Bonchev–Trinajstić information content (AvgIpc) is 3.23. The molecule has 16 heteroatoms. The molecule has 0 saturated carbocycles. The van der Waals surface area contributed by atoms with Gasteiger partial charge in [0.2, 0.25) is 11.6 Å². The van der Waals surface area contributed by atoms with Crippen LogP contribution in [-0.2, 0) is 23.7 Å². The molecule has 3 rings (SSSR count). The summed E-state index contributed by atoms with van der Waals surface area (Å²) in [5.74, 6) is -4.64. The normalized spacial score (nSPS) is 51.8. The highest BCUT2D eigenvalue weighted by molar-refractivity contribution is 5.00. The summed E-state index contributed by atoms with van der Waals surface area (Å²) in [6.07, 6.45) is -18.6. The van der Waals surface area contributed by atoms with Crippen molar-refractivity contribution < 1.29 is 79.9 Å². The van der Waals surface area contributed by atoms with Crippen LogP contribution in [0.2, 0.25) is 0 Å². The van der Waals surface area contributed by atoms with Crippen molar-refractivity contribution in [2.24, 2.45) is 0 Å². The Labute approximate surface area is 192 Å². The predicted molar refractivity (Wildman–Crippen MR) is 101 cm³/mol. The summed E-state index contributed by atoms with van der Waals surface area (Å²) in [5, 5.41) is 109. The van der Waals surface area contributed by atoms with E-state index in [2.05, 4.69) is 0 Å². The molecule has 13 atom stereocenters. The summed E-state index contributed by atoms with van der Waals surface area (Å²) < 4.78 is 26.6. The first-order valence-corrected chi connectivity index (χ1v) is 10.5. The van der Waals surface area contributed by atoms with Crippen molar-refractivity contribution >= 4 is 0 Å². The maximum Gasteiger partial charge on any atom is 0.224 e. The molecule has 0 aromatic rings. The maximum atomic E-state index is 10.5. The van der Waals surface area contributed by atoms with E-state index in [9.17, 15) is 56.2 Å². The van der Waals surface area contributed by atoms with Gasteiger partial charge in [0.25, 0.3) is 0 Å². The molecule has 16 nitrogen and oxygen atoms in total. The molecule has 3 aliphatic heterocycles. The lowest BCUT2D eigenvalue weighted by Crippen LogP contribution is -2.62. The van der Waals surface area contributed by atoms with E-state index in [0.717, 1.165) is 0 Å². The van der Waals surface area contributed by atoms with Crippen molar-refractivity contribution in [1.29, 1.82) is 0 Å². The van der Waals surface area contributed by atoms with E-state index < -0.39 is 112 Å². The molecule has 4 unspecified atom stereocenters. The molecule has 3 saturated heterocycles. The zero-order valence-corrected chi connectivity index (χ0v) is 17.8. The summed E-state index contributed by atoms with van der Waals surface area (Å²) in [7, 11) is 0. The van der Waals surface area contributed by atoms with E-state index in [0.29, 0.717) is 0 Å². The lowest BCUT2D eigenvalue weighted by Gasteiger charge is -2.43. The third kappa shape index (κ3) is 4.71. The van der Waals surface area contributed by atoms with Gasteiger partial charge in [0.05, 0.1) is 19.8 Å². The third-order valence-corrected chi connectivity index (χ3v) is 6.29. The first-order valence-electron chi connectivity index (χ1n) is 10.5. The highest BCUT2D eigenvalue weighted by atomic mass is 16.8. The second-order valence-electron chi connectivity index (χ2n) is 8.43. The van der Waals surface area contributed by atoms with Crippen LogP contribution in [0.15, 0.2) is 0 Å². The van der Waals surface area contributed by atoms with Crippen LogP contribution in [0, 0.1) is 0 Å². The summed E-state index contributed by atoms with van der Waals surface area (Å²) in [5.41, 5.74) is 0. The van der Waals surface area contributed by atoms with E-state index in [1.807, 2.05) is 0 Å². The zero-order valence-electron chi connectivity index (χ0n) is 17.8. The van der Waals surface area contributed by atoms with Gasteiger partial charge in [-0.05, 0) is 0 Å². The molecule has 0 spiro atoms. The predicted octanol–water partition coefficient (Wildman–Crippen LogP) is -7.57. The van der Waals surface area contributed by atoms with Crippen LogP contribution in [0.25, 0.3) is 0 Å². The van der Waals surface area contributed by atoms with Crippen molar-refractivity contribution in [2.75, 3.05) is 33.0 Å². The zero-order chi connectivity index (χ0) is 25.4. The summed E-state index contributed by atoms with van der Waals surface area (Å²) in [6, 6.07) is 0. The molecule has 0 radical (unpaired) electrons. The molecule has 34 heavy (non-hydrogen) atoms. The largest absolute Gasteiger partial charge is 0.394 e. The fourth-order valence-electron chi connectivity index (χ4n) is 4.14. The molecular formula is C18H32O16. The topological polar surface area (TPSA) is 269 Å². The summed E-state index contributed by atoms with van der Waals surface area (Å²) >= 11 is 0. The van der Waals surface area contributed by atoms with Gasteiger partial charge in [-0.2, -0.15) is 0 Å². The molecule has 0 amide bonds. The fraction of sp³-hybridized carbons (Fsp3) is 1.00. The second kappa shape index (κ2) is 10.8. The molecule has 0 aliphatic carbocycles. The molecule has 3 fully saturated rings. The van der Waals surface area contributed by atoms with Crippen LogP contribution in [-0.4, -0.2) is 168 Å². The van der Waals surface area contributed by atoms with Crippen LogP contribution in [0.3, 0.4) is 0 Å². The minimum Gasteiger partial charge on any atom is -0.394 e. The van der Waals surface area contributed by atoms with Crippen LogP contribution >= 0.6 is 0 Å². The van der Waals surface area contributed by atoms with Gasteiger partial charge in [-0.25, -0.2) is 0 Å². The first-order chi connectivity index (χ1) is 16.0. The Hall–Kier alpha value is -0.640. The Morgan fingerprint density at radius 3 is 1.65 bits per heavy atom. The van der Waals surface area contributed by atoms with Gasteiger partial charge >= 0.3 is 0 Å². The van der Waals surface area contributed by atoms with Crippen molar-refractivity contribution in [1.82, 2.24) is 0 Å². The van der Waals surface area contributed by atoms with Gasteiger partial charge in [-0.15, -0.1) is 0 Å². The van der Waals surface area contributed by atoms with Gasteiger partial charge < -0.3 is 79.9 Å². The van der Waals surface area contributed by atoms with Gasteiger partial charge in [-0.1, -0.05) is 0 Å². The van der Waals surface area contributed by atoms with Gasteiger partial charge in [-0.3, -0.25) is 0 Å². The molecule has 3 heterocycles. The van der Waals surface area contributed by atoms with E-state index >= 15 is 0 Å². The van der Waals surface area contributed by atoms with Crippen molar-refractivity contribution in [3.63, 3.8) is 0 Å². The van der Waals surface area contributed by atoms with Crippen molar-refractivity contribution in [2.45, 2.75) is 78.9 Å². The molecule has 0 bridgehead atoms. The number of aliphatic hydroxyl groups excluding tert-OH is 11. The van der Waals surface area contributed by atoms with Gasteiger partial charge in [0, 0.05) is 0 Å². The van der Waals surface area contributed by atoms with E-state index in [4.69, 9.17) is 23.7 Å². The van der Waals surface area contributed by atoms with Crippen LogP contribution < -0.4 is 0 Å². The second-order valence-corrected chi connectivity index (χ2v) is 8.43. The number of aliphatic hydroxyl groups is 11. The van der Waals surface area contributed by atoms with Crippen molar-refractivity contribution in [3.8, 4) is 0 Å². The smallest absolute Gasteiger partial charge is 0.224 e. The Balaban J connectivity index is 1.72.